The number of rotatable bonds is 3. The Labute approximate surface area is 98.2 Å². The lowest BCUT2D eigenvalue weighted by atomic mass is 10.3. The van der Waals surface area contributed by atoms with Gasteiger partial charge >= 0.3 is 0 Å². The van der Waals surface area contributed by atoms with Gasteiger partial charge in [0.15, 0.2) is 22.4 Å². The number of sulfone groups is 1. The summed E-state index contributed by atoms with van der Waals surface area (Å²) in [4.78, 5) is 21.6. The Kier molecular flexibility index (Phi) is 3.35. The molecule has 16 heavy (non-hydrogen) atoms. The molecule has 0 aromatic carbocycles. The monoisotopic (exact) mass is 260 g/mol. The Bertz CT molecular complexity index is 518. The van der Waals surface area contributed by atoms with Crippen LogP contribution in [0.15, 0.2) is 10.3 Å². The fraction of sp³-hybridized carbons (Fsp3) is 0.400. The second-order valence-corrected chi connectivity index (χ2v) is 8.23. The largest absolute Gasteiger partial charge is 0.298 e. The van der Waals surface area contributed by atoms with Gasteiger partial charge in [0.05, 0.1) is 9.62 Å². The molecule has 1 aromatic rings. The summed E-state index contributed by atoms with van der Waals surface area (Å²) < 4.78 is 23.2. The Hall–Kier alpha value is -1.01. The first-order valence-electron chi connectivity index (χ1n) is 4.53. The third-order valence-electron chi connectivity index (χ3n) is 2.04. The fourth-order valence-corrected chi connectivity index (χ4v) is 4.16. The lowest BCUT2D eigenvalue weighted by molar-refractivity contribution is 0.111. The van der Waals surface area contributed by atoms with Crippen LogP contribution < -0.4 is 0 Å². The van der Waals surface area contributed by atoms with Crippen LogP contribution in [-0.2, 0) is 9.84 Å². The van der Waals surface area contributed by atoms with E-state index in [2.05, 4.69) is 0 Å². The maximum absolute atomic E-state index is 12.1. The molecule has 0 bridgehead atoms. The van der Waals surface area contributed by atoms with E-state index in [4.69, 9.17) is 0 Å². The van der Waals surface area contributed by atoms with Crippen LogP contribution in [0.4, 0.5) is 0 Å². The fourth-order valence-electron chi connectivity index (χ4n) is 1.04. The first kappa shape index (κ1) is 13.1. The summed E-state index contributed by atoms with van der Waals surface area (Å²) in [6, 6.07) is 1.29. The first-order chi connectivity index (χ1) is 7.24. The lowest BCUT2D eigenvalue weighted by Gasteiger charge is -2.18. The molecule has 4 nitrogen and oxygen atoms in total. The van der Waals surface area contributed by atoms with Gasteiger partial charge in [0, 0.05) is 5.56 Å². The van der Waals surface area contributed by atoms with Crippen LogP contribution in [0.1, 0.15) is 40.8 Å². The predicted octanol–water partition coefficient (Wildman–Crippen LogP) is 1.95. The minimum Gasteiger partial charge on any atom is -0.298 e. The number of hydrogen-bond acceptors (Lipinski definition) is 5. The summed E-state index contributed by atoms with van der Waals surface area (Å²) in [6.45, 7) is 4.66. The second kappa shape index (κ2) is 4.10. The summed E-state index contributed by atoms with van der Waals surface area (Å²) in [5, 5.41) is 0. The van der Waals surface area contributed by atoms with Crippen LogP contribution in [0.5, 0.6) is 0 Å². The third-order valence-corrected chi connectivity index (χ3v) is 6.15. The van der Waals surface area contributed by atoms with Crippen LogP contribution in [0, 0.1) is 0 Å². The molecule has 0 radical (unpaired) electrons. The van der Waals surface area contributed by atoms with Gasteiger partial charge in [-0.2, -0.15) is 0 Å². The third kappa shape index (κ3) is 2.08. The number of hydrogen-bond donors (Lipinski definition) is 0. The molecule has 6 heteroatoms. The van der Waals surface area contributed by atoms with Gasteiger partial charge in [0.2, 0.25) is 0 Å². The van der Waals surface area contributed by atoms with Gasteiger partial charge in [-0.05, 0) is 26.8 Å². The molecule has 0 saturated heterocycles. The highest BCUT2D eigenvalue weighted by Gasteiger charge is 2.34. The van der Waals surface area contributed by atoms with E-state index < -0.39 is 14.6 Å². The molecule has 88 valence electrons. The van der Waals surface area contributed by atoms with Gasteiger partial charge in [0.1, 0.15) is 4.21 Å². The molecule has 0 spiro atoms. The lowest BCUT2D eigenvalue weighted by Crippen LogP contribution is -2.27. The van der Waals surface area contributed by atoms with E-state index in [0.717, 1.165) is 11.3 Å². The molecule has 0 aliphatic rings. The average molecular weight is 260 g/mol. The molecule has 0 aliphatic heterocycles. The Morgan fingerprint density at radius 2 is 1.75 bits per heavy atom. The Balaban J connectivity index is 3.50. The highest BCUT2D eigenvalue weighted by Crippen LogP contribution is 2.32. The molecule has 0 atom stereocenters. The number of carbonyl (C=O) groups excluding carboxylic acids is 2. The van der Waals surface area contributed by atoms with Crippen LogP contribution in [0.25, 0.3) is 0 Å². The van der Waals surface area contributed by atoms with Gasteiger partial charge in [-0.1, -0.05) is 0 Å². The maximum atomic E-state index is 12.1. The topological polar surface area (TPSA) is 68.3 Å². The van der Waals surface area contributed by atoms with Crippen LogP contribution in [0.2, 0.25) is 0 Å². The van der Waals surface area contributed by atoms with Crippen molar-refractivity contribution in [2.75, 3.05) is 0 Å². The van der Waals surface area contributed by atoms with E-state index in [1.807, 2.05) is 0 Å². The maximum Gasteiger partial charge on any atom is 0.193 e. The van der Waals surface area contributed by atoms with Crippen molar-refractivity contribution in [3.8, 4) is 0 Å². The minimum atomic E-state index is -3.58. The summed E-state index contributed by atoms with van der Waals surface area (Å²) in [6.07, 6.45) is 1.00. The van der Waals surface area contributed by atoms with E-state index in [1.165, 1.54) is 6.07 Å². The van der Waals surface area contributed by atoms with E-state index in [1.54, 1.807) is 20.8 Å². The number of aldehydes is 2. The van der Waals surface area contributed by atoms with Crippen molar-refractivity contribution < 1.29 is 18.0 Å². The van der Waals surface area contributed by atoms with Crippen molar-refractivity contribution in [3.63, 3.8) is 0 Å². The van der Waals surface area contributed by atoms with Crippen LogP contribution in [-0.4, -0.2) is 25.7 Å². The molecule has 0 fully saturated rings. The Morgan fingerprint density at radius 1 is 1.19 bits per heavy atom. The molecule has 0 amide bonds. The van der Waals surface area contributed by atoms with Gasteiger partial charge in [-0.25, -0.2) is 8.42 Å². The van der Waals surface area contributed by atoms with Gasteiger partial charge in [-0.3, -0.25) is 9.59 Å². The normalized spacial score (nSPS) is 12.4. The zero-order valence-corrected chi connectivity index (χ0v) is 10.8. The quantitative estimate of drug-likeness (QED) is 0.779. The highest BCUT2D eigenvalue weighted by atomic mass is 32.2. The molecule has 0 N–H and O–H groups in total. The van der Waals surface area contributed by atoms with Gasteiger partial charge in [0.25, 0.3) is 0 Å². The number of carbonyl (C=O) groups is 2. The average Bonchev–Trinajstić information content (AvgIpc) is 2.59. The van der Waals surface area contributed by atoms with Crippen molar-refractivity contribution >= 4 is 33.7 Å². The number of thiophene rings is 1. The molecular weight excluding hydrogens is 248 g/mol. The predicted molar refractivity (Wildman–Crippen MR) is 62.0 cm³/mol. The molecule has 0 unspecified atom stereocenters. The van der Waals surface area contributed by atoms with Crippen molar-refractivity contribution in [1.29, 1.82) is 0 Å². The molecule has 1 rings (SSSR count). The first-order valence-corrected chi connectivity index (χ1v) is 6.83. The van der Waals surface area contributed by atoms with Gasteiger partial charge in [-0.15, -0.1) is 11.3 Å². The Morgan fingerprint density at radius 3 is 2.12 bits per heavy atom. The summed E-state index contributed by atoms with van der Waals surface area (Å²) in [7, 11) is -3.58. The smallest absolute Gasteiger partial charge is 0.193 e. The SMILES string of the molecule is CC(C)(C)S(=O)(=O)c1sc(C=O)cc1C=O. The van der Waals surface area contributed by atoms with Crippen LogP contribution >= 0.6 is 11.3 Å². The van der Waals surface area contributed by atoms with Crippen molar-refractivity contribution in [2.24, 2.45) is 0 Å². The zero-order chi connectivity index (χ0) is 12.6. The van der Waals surface area contributed by atoms with Crippen LogP contribution in [0.3, 0.4) is 0 Å². The molecule has 1 aromatic heterocycles. The van der Waals surface area contributed by atoms with Crippen molar-refractivity contribution in [1.82, 2.24) is 0 Å². The van der Waals surface area contributed by atoms with Crippen molar-refractivity contribution in [3.05, 3.63) is 16.5 Å². The summed E-state index contributed by atoms with van der Waals surface area (Å²) >= 11 is 0.831. The molecule has 0 aliphatic carbocycles. The second-order valence-electron chi connectivity index (χ2n) is 4.24. The minimum absolute atomic E-state index is 0.0305. The van der Waals surface area contributed by atoms with E-state index in [-0.39, 0.29) is 14.6 Å². The summed E-state index contributed by atoms with van der Waals surface area (Å²) in [5.74, 6) is 0. The van der Waals surface area contributed by atoms with E-state index >= 15 is 0 Å². The zero-order valence-electron chi connectivity index (χ0n) is 9.18. The molecule has 1 heterocycles. The molecular formula is C10H12O4S2. The van der Waals surface area contributed by atoms with E-state index in [0.29, 0.717) is 12.6 Å². The van der Waals surface area contributed by atoms with Crippen molar-refractivity contribution in [2.45, 2.75) is 29.7 Å². The summed E-state index contributed by atoms with van der Waals surface area (Å²) in [5.41, 5.74) is 0.0574. The molecule has 0 saturated carbocycles. The van der Waals surface area contributed by atoms with E-state index in [9.17, 15) is 18.0 Å². The van der Waals surface area contributed by atoms with Gasteiger partial charge < -0.3 is 0 Å². The standard InChI is InChI=1S/C10H12O4S2/c1-10(2,3)16(13,14)9-7(5-11)4-8(6-12)15-9/h4-6H,1-3H3. The highest BCUT2D eigenvalue weighted by molar-refractivity contribution is 7.94.